The summed E-state index contributed by atoms with van der Waals surface area (Å²) in [5.74, 6) is 0. The number of halogens is 2. The summed E-state index contributed by atoms with van der Waals surface area (Å²) in [4.78, 5) is 0. The van der Waals surface area contributed by atoms with Crippen molar-refractivity contribution in [1.29, 1.82) is 0 Å². The smallest absolute Gasteiger partial charge is 0.151 e. The van der Waals surface area contributed by atoms with Gasteiger partial charge in [0.1, 0.15) is 0 Å². The van der Waals surface area contributed by atoms with E-state index in [0.717, 1.165) is 5.69 Å². The molecule has 9 heavy (non-hydrogen) atoms. The second-order valence-electron chi connectivity index (χ2n) is 1.76. The number of aromatic amines is 1. The Bertz CT molecular complexity index is 195. The summed E-state index contributed by atoms with van der Waals surface area (Å²) < 4.78 is 0. The zero-order chi connectivity index (χ0) is 6.85. The third-order valence-electron chi connectivity index (χ3n) is 0.995. The van der Waals surface area contributed by atoms with E-state index < -0.39 is 0 Å². The highest BCUT2D eigenvalue weighted by atomic mass is 35.5. The number of rotatable bonds is 1. The highest BCUT2D eigenvalue weighted by molar-refractivity contribution is 6.29. The number of alkyl halides is 1. The molecule has 0 aliphatic carbocycles. The van der Waals surface area contributed by atoms with Crippen LogP contribution in [-0.2, 0) is 0 Å². The molecule has 0 radical (unpaired) electrons. The molecule has 0 amide bonds. The van der Waals surface area contributed by atoms with Crippen LogP contribution in [0.5, 0.6) is 0 Å². The fourth-order valence-corrected chi connectivity index (χ4v) is 0.786. The van der Waals surface area contributed by atoms with E-state index >= 15 is 0 Å². The Labute approximate surface area is 63.2 Å². The first-order valence-corrected chi connectivity index (χ1v) is 3.36. The van der Waals surface area contributed by atoms with Gasteiger partial charge >= 0.3 is 0 Å². The molecule has 0 saturated carbocycles. The predicted molar refractivity (Wildman–Crippen MR) is 37.9 cm³/mol. The van der Waals surface area contributed by atoms with Gasteiger partial charge < -0.3 is 0 Å². The van der Waals surface area contributed by atoms with Crippen LogP contribution in [0.15, 0.2) is 6.07 Å². The molecule has 1 atom stereocenters. The van der Waals surface area contributed by atoms with E-state index in [2.05, 4.69) is 10.2 Å². The Hall–Kier alpha value is -0.210. The van der Waals surface area contributed by atoms with Gasteiger partial charge in [-0.1, -0.05) is 11.6 Å². The Morgan fingerprint density at radius 2 is 2.44 bits per heavy atom. The number of nitrogens with one attached hydrogen (secondary N) is 1. The van der Waals surface area contributed by atoms with Crippen molar-refractivity contribution in [2.75, 3.05) is 0 Å². The van der Waals surface area contributed by atoms with E-state index in [1.54, 1.807) is 6.07 Å². The molecule has 1 N–H and O–H groups in total. The van der Waals surface area contributed by atoms with E-state index in [1.165, 1.54) is 0 Å². The highest BCUT2D eigenvalue weighted by Gasteiger charge is 2.02. The third-order valence-corrected chi connectivity index (χ3v) is 1.42. The van der Waals surface area contributed by atoms with E-state index in [0.29, 0.717) is 5.15 Å². The fraction of sp³-hybridized carbons (Fsp3) is 0.400. The van der Waals surface area contributed by atoms with Crippen LogP contribution < -0.4 is 0 Å². The molecular formula is C5H6Cl2N2. The molecule has 0 fully saturated rings. The van der Waals surface area contributed by atoms with Crippen LogP contribution in [0.25, 0.3) is 0 Å². The van der Waals surface area contributed by atoms with Crippen molar-refractivity contribution in [1.82, 2.24) is 10.2 Å². The van der Waals surface area contributed by atoms with Gasteiger partial charge in [-0.3, -0.25) is 5.10 Å². The first-order chi connectivity index (χ1) is 4.20. The number of aromatic nitrogens is 2. The molecule has 2 nitrogen and oxygen atoms in total. The van der Waals surface area contributed by atoms with Crippen LogP contribution in [-0.4, -0.2) is 10.2 Å². The van der Waals surface area contributed by atoms with Crippen molar-refractivity contribution in [2.24, 2.45) is 0 Å². The monoisotopic (exact) mass is 164 g/mol. The normalized spacial score (nSPS) is 13.7. The zero-order valence-electron chi connectivity index (χ0n) is 4.86. The van der Waals surface area contributed by atoms with Crippen LogP contribution >= 0.6 is 23.2 Å². The lowest BCUT2D eigenvalue weighted by Crippen LogP contribution is -1.81. The third kappa shape index (κ3) is 1.60. The van der Waals surface area contributed by atoms with Crippen molar-refractivity contribution in [3.8, 4) is 0 Å². The Balaban J connectivity index is 2.85. The van der Waals surface area contributed by atoms with Crippen LogP contribution in [0.3, 0.4) is 0 Å². The standard InChI is InChI=1S/C5H6Cl2N2/c1-3(6)4-2-5(7)9-8-4/h2-3H,1H3,(H,8,9). The summed E-state index contributed by atoms with van der Waals surface area (Å²) in [6.45, 7) is 1.85. The van der Waals surface area contributed by atoms with Gasteiger partial charge in [-0.2, -0.15) is 5.10 Å². The van der Waals surface area contributed by atoms with E-state index in [-0.39, 0.29) is 5.38 Å². The lowest BCUT2D eigenvalue weighted by atomic mass is 10.3. The van der Waals surface area contributed by atoms with Gasteiger partial charge in [0.25, 0.3) is 0 Å². The van der Waals surface area contributed by atoms with Gasteiger partial charge in [-0.15, -0.1) is 11.6 Å². The molecule has 1 unspecified atom stereocenters. The first-order valence-electron chi connectivity index (χ1n) is 2.55. The summed E-state index contributed by atoms with van der Waals surface area (Å²) in [5, 5.41) is 6.79. The molecule has 0 bridgehead atoms. The quantitative estimate of drug-likeness (QED) is 0.635. The van der Waals surface area contributed by atoms with Gasteiger partial charge in [0.15, 0.2) is 5.15 Å². The highest BCUT2D eigenvalue weighted by Crippen LogP contribution is 2.18. The molecule has 1 aromatic rings. The van der Waals surface area contributed by atoms with Gasteiger partial charge in [-0.05, 0) is 13.0 Å². The molecule has 0 aromatic carbocycles. The van der Waals surface area contributed by atoms with E-state index in [9.17, 15) is 0 Å². The van der Waals surface area contributed by atoms with Gasteiger partial charge in [0.05, 0.1) is 11.1 Å². The second-order valence-corrected chi connectivity index (χ2v) is 2.80. The Morgan fingerprint density at radius 3 is 2.67 bits per heavy atom. The minimum atomic E-state index is -0.0509. The molecular weight excluding hydrogens is 159 g/mol. The molecule has 0 saturated heterocycles. The van der Waals surface area contributed by atoms with Crippen molar-refractivity contribution >= 4 is 23.2 Å². The Morgan fingerprint density at radius 1 is 1.78 bits per heavy atom. The molecule has 50 valence electrons. The first kappa shape index (κ1) is 6.90. The number of hydrogen-bond donors (Lipinski definition) is 1. The number of hydrogen-bond acceptors (Lipinski definition) is 1. The van der Waals surface area contributed by atoms with Crippen molar-refractivity contribution < 1.29 is 0 Å². The summed E-state index contributed by atoms with van der Waals surface area (Å²) >= 11 is 11.2. The topological polar surface area (TPSA) is 28.7 Å². The molecule has 1 rings (SSSR count). The summed E-state index contributed by atoms with van der Waals surface area (Å²) in [6, 6.07) is 1.71. The summed E-state index contributed by atoms with van der Waals surface area (Å²) in [7, 11) is 0. The van der Waals surface area contributed by atoms with Crippen molar-refractivity contribution in [3.05, 3.63) is 16.9 Å². The molecule has 4 heteroatoms. The molecule has 1 heterocycles. The molecule has 0 spiro atoms. The van der Waals surface area contributed by atoms with Crippen molar-refractivity contribution in [3.63, 3.8) is 0 Å². The minimum absolute atomic E-state index is 0.0509. The lowest BCUT2D eigenvalue weighted by Gasteiger charge is -1.92. The maximum absolute atomic E-state index is 5.69. The SMILES string of the molecule is CC(Cl)c1cc(Cl)n[nH]1. The number of nitrogens with zero attached hydrogens (tertiary/aromatic N) is 1. The summed E-state index contributed by atoms with van der Waals surface area (Å²) in [6.07, 6.45) is 0. The van der Waals surface area contributed by atoms with Crippen molar-refractivity contribution in [2.45, 2.75) is 12.3 Å². The fourth-order valence-electron chi connectivity index (χ4n) is 0.515. The van der Waals surface area contributed by atoms with Crippen LogP contribution in [0.2, 0.25) is 5.15 Å². The van der Waals surface area contributed by atoms with Crippen LogP contribution in [0.1, 0.15) is 18.0 Å². The summed E-state index contributed by atoms with van der Waals surface area (Å²) in [5.41, 5.74) is 0.849. The van der Waals surface area contributed by atoms with Crippen LogP contribution in [0.4, 0.5) is 0 Å². The predicted octanol–water partition coefficient (Wildman–Crippen LogP) is 2.36. The number of H-pyrrole nitrogens is 1. The molecule has 1 aromatic heterocycles. The largest absolute Gasteiger partial charge is 0.280 e. The van der Waals surface area contributed by atoms with Crippen LogP contribution in [0, 0.1) is 0 Å². The molecule has 0 aliphatic rings. The zero-order valence-corrected chi connectivity index (χ0v) is 6.37. The molecule has 0 aliphatic heterocycles. The average Bonchev–Trinajstić information content (AvgIpc) is 2.14. The van der Waals surface area contributed by atoms with E-state index in [1.807, 2.05) is 6.92 Å². The minimum Gasteiger partial charge on any atom is -0.280 e. The average molecular weight is 165 g/mol. The lowest BCUT2D eigenvalue weighted by molar-refractivity contribution is 0.949. The Kier molecular flexibility index (Phi) is 1.98. The maximum Gasteiger partial charge on any atom is 0.151 e. The van der Waals surface area contributed by atoms with Gasteiger partial charge in [-0.25, -0.2) is 0 Å². The van der Waals surface area contributed by atoms with E-state index in [4.69, 9.17) is 23.2 Å². The second kappa shape index (κ2) is 2.58. The van der Waals surface area contributed by atoms with Gasteiger partial charge in [0.2, 0.25) is 0 Å². The maximum atomic E-state index is 5.69. The van der Waals surface area contributed by atoms with Gasteiger partial charge in [0, 0.05) is 0 Å².